The van der Waals surface area contributed by atoms with Crippen LogP contribution in [-0.4, -0.2) is 31.8 Å². The number of nitrogens with one attached hydrogen (secondary N) is 1. The molecule has 0 bridgehead atoms. The summed E-state index contributed by atoms with van der Waals surface area (Å²) in [6.07, 6.45) is 6.68. The van der Waals surface area contributed by atoms with Gasteiger partial charge < -0.3 is 9.47 Å². The molecule has 0 spiro atoms. The van der Waals surface area contributed by atoms with E-state index in [-0.39, 0.29) is 24.0 Å². The fraction of sp³-hybridized carbons (Fsp3) is 0.423. The van der Waals surface area contributed by atoms with Gasteiger partial charge in [0, 0.05) is 11.7 Å². The molecule has 2 aromatic rings. The average molecular weight is 421 g/mol. The quantitative estimate of drug-likeness (QED) is 0.664. The minimum absolute atomic E-state index is 0.0392. The number of nitrogens with zero attached hydrogens (tertiary/aromatic N) is 1. The molecule has 3 unspecified atom stereocenters. The largest absolute Gasteiger partial charge is 0.493 e. The maximum atomic E-state index is 13.6. The van der Waals surface area contributed by atoms with Gasteiger partial charge in [0.2, 0.25) is 5.91 Å². The van der Waals surface area contributed by atoms with Gasteiger partial charge in [0.1, 0.15) is 12.8 Å². The highest BCUT2D eigenvalue weighted by Crippen LogP contribution is 2.35. The summed E-state index contributed by atoms with van der Waals surface area (Å²) in [5.74, 6) is 1.62. The Balaban J connectivity index is 1.59. The van der Waals surface area contributed by atoms with Gasteiger partial charge in [-0.3, -0.25) is 15.0 Å². The van der Waals surface area contributed by atoms with Crippen molar-refractivity contribution in [2.75, 3.05) is 18.6 Å². The SMILES string of the molecule is C=CCc1ccc(OCC2NC3CCCCC3C(=O)N2c2ccccc2C)c(OC)c1. The molecule has 1 aliphatic heterocycles. The Morgan fingerprint density at radius 2 is 1.97 bits per heavy atom. The predicted octanol–water partition coefficient (Wildman–Crippen LogP) is 4.63. The van der Waals surface area contributed by atoms with E-state index in [9.17, 15) is 4.79 Å². The minimum atomic E-state index is -0.231. The molecule has 0 aromatic heterocycles. The molecule has 1 saturated carbocycles. The number of rotatable bonds is 7. The zero-order valence-corrected chi connectivity index (χ0v) is 18.5. The summed E-state index contributed by atoms with van der Waals surface area (Å²) in [6, 6.07) is 14.2. The number of carbonyl (C=O) groups is 1. The predicted molar refractivity (Wildman–Crippen MR) is 124 cm³/mol. The van der Waals surface area contributed by atoms with Gasteiger partial charge in [-0.05, 0) is 55.5 Å². The lowest BCUT2D eigenvalue weighted by molar-refractivity contribution is -0.127. The first-order valence-corrected chi connectivity index (χ1v) is 11.2. The molecule has 5 nitrogen and oxygen atoms in total. The Morgan fingerprint density at radius 3 is 2.74 bits per heavy atom. The molecule has 1 saturated heterocycles. The first-order chi connectivity index (χ1) is 15.1. The first-order valence-electron chi connectivity index (χ1n) is 11.2. The van der Waals surface area contributed by atoms with Gasteiger partial charge in [-0.15, -0.1) is 6.58 Å². The number of fused-ring (bicyclic) bond motifs is 1. The van der Waals surface area contributed by atoms with Crippen LogP contribution in [-0.2, 0) is 11.2 Å². The monoisotopic (exact) mass is 420 g/mol. The van der Waals surface area contributed by atoms with E-state index >= 15 is 0 Å². The van der Waals surface area contributed by atoms with Crippen LogP contribution in [0.15, 0.2) is 55.1 Å². The van der Waals surface area contributed by atoms with Crippen LogP contribution >= 0.6 is 0 Å². The molecule has 1 heterocycles. The van der Waals surface area contributed by atoms with Crippen LogP contribution in [0, 0.1) is 12.8 Å². The fourth-order valence-electron chi connectivity index (χ4n) is 4.82. The summed E-state index contributed by atoms with van der Waals surface area (Å²) >= 11 is 0. The third kappa shape index (κ3) is 4.47. The molecule has 2 aromatic carbocycles. The second-order valence-electron chi connectivity index (χ2n) is 8.46. The summed E-state index contributed by atoms with van der Waals surface area (Å²) in [7, 11) is 1.65. The molecule has 0 radical (unpaired) electrons. The molecule has 1 aliphatic carbocycles. The topological polar surface area (TPSA) is 50.8 Å². The van der Waals surface area contributed by atoms with Crippen molar-refractivity contribution in [3.05, 3.63) is 66.2 Å². The van der Waals surface area contributed by atoms with Gasteiger partial charge in [-0.1, -0.05) is 43.2 Å². The van der Waals surface area contributed by atoms with Crippen molar-refractivity contribution in [3.8, 4) is 11.5 Å². The van der Waals surface area contributed by atoms with Gasteiger partial charge in [0.15, 0.2) is 11.5 Å². The first kappa shape index (κ1) is 21.4. The maximum absolute atomic E-state index is 13.6. The zero-order chi connectivity index (χ0) is 21.8. The number of carbonyl (C=O) groups excluding carboxylic acids is 1. The molecule has 4 rings (SSSR count). The van der Waals surface area contributed by atoms with E-state index in [1.165, 1.54) is 0 Å². The van der Waals surface area contributed by atoms with Crippen molar-refractivity contribution in [2.45, 2.75) is 51.2 Å². The Labute approximate surface area is 185 Å². The van der Waals surface area contributed by atoms with E-state index in [0.29, 0.717) is 18.1 Å². The third-order valence-electron chi connectivity index (χ3n) is 6.42. The molecule has 2 fully saturated rings. The minimum Gasteiger partial charge on any atom is -0.493 e. The van der Waals surface area contributed by atoms with Crippen molar-refractivity contribution in [3.63, 3.8) is 0 Å². The molecule has 31 heavy (non-hydrogen) atoms. The van der Waals surface area contributed by atoms with E-state index in [2.05, 4.69) is 24.9 Å². The lowest BCUT2D eigenvalue weighted by Crippen LogP contribution is -2.65. The highest BCUT2D eigenvalue weighted by Gasteiger charge is 2.43. The van der Waals surface area contributed by atoms with Gasteiger partial charge in [0.05, 0.1) is 13.0 Å². The van der Waals surface area contributed by atoms with Crippen molar-refractivity contribution in [1.29, 1.82) is 0 Å². The number of para-hydroxylation sites is 1. The molecule has 5 heteroatoms. The third-order valence-corrected chi connectivity index (χ3v) is 6.42. The van der Waals surface area contributed by atoms with E-state index in [4.69, 9.17) is 9.47 Å². The smallest absolute Gasteiger partial charge is 0.233 e. The Hall–Kier alpha value is -2.79. The van der Waals surface area contributed by atoms with Crippen LogP contribution in [0.2, 0.25) is 0 Å². The Morgan fingerprint density at radius 1 is 1.16 bits per heavy atom. The summed E-state index contributed by atoms with van der Waals surface area (Å²) in [6.45, 7) is 6.20. The zero-order valence-electron chi connectivity index (χ0n) is 18.5. The van der Waals surface area contributed by atoms with E-state index < -0.39 is 0 Å². The normalized spacial score (nSPS) is 23.2. The lowest BCUT2D eigenvalue weighted by atomic mass is 9.81. The van der Waals surface area contributed by atoms with Crippen LogP contribution in [0.25, 0.3) is 0 Å². The van der Waals surface area contributed by atoms with E-state index in [1.54, 1.807) is 7.11 Å². The van der Waals surface area contributed by atoms with Crippen LogP contribution in [0.3, 0.4) is 0 Å². The van der Waals surface area contributed by atoms with Gasteiger partial charge in [-0.2, -0.15) is 0 Å². The lowest BCUT2D eigenvalue weighted by Gasteiger charge is -2.46. The van der Waals surface area contributed by atoms with E-state index in [0.717, 1.165) is 48.9 Å². The fourth-order valence-corrected chi connectivity index (χ4v) is 4.82. The molecular weight excluding hydrogens is 388 g/mol. The van der Waals surface area contributed by atoms with Crippen molar-refractivity contribution < 1.29 is 14.3 Å². The number of hydrogen-bond acceptors (Lipinski definition) is 4. The number of hydrogen-bond donors (Lipinski definition) is 1. The average Bonchev–Trinajstić information content (AvgIpc) is 2.79. The van der Waals surface area contributed by atoms with Crippen molar-refractivity contribution in [1.82, 2.24) is 5.32 Å². The van der Waals surface area contributed by atoms with Crippen molar-refractivity contribution >= 4 is 11.6 Å². The Bertz CT molecular complexity index is 942. The number of anilines is 1. The molecule has 3 atom stereocenters. The second kappa shape index (κ2) is 9.56. The highest BCUT2D eigenvalue weighted by molar-refractivity contribution is 5.97. The molecular formula is C26H32N2O3. The highest BCUT2D eigenvalue weighted by atomic mass is 16.5. The number of amides is 1. The number of ether oxygens (including phenoxy) is 2. The van der Waals surface area contributed by atoms with Gasteiger partial charge in [0.25, 0.3) is 0 Å². The van der Waals surface area contributed by atoms with Crippen molar-refractivity contribution in [2.24, 2.45) is 5.92 Å². The number of allylic oxidation sites excluding steroid dienone is 1. The molecule has 1 N–H and O–H groups in total. The van der Waals surface area contributed by atoms with Crippen LogP contribution in [0.4, 0.5) is 5.69 Å². The second-order valence-corrected chi connectivity index (χ2v) is 8.46. The van der Waals surface area contributed by atoms with Gasteiger partial charge in [-0.25, -0.2) is 0 Å². The van der Waals surface area contributed by atoms with Crippen LogP contribution < -0.4 is 19.7 Å². The van der Waals surface area contributed by atoms with Crippen LogP contribution in [0.5, 0.6) is 11.5 Å². The molecule has 164 valence electrons. The summed E-state index contributed by atoms with van der Waals surface area (Å²) in [5.41, 5.74) is 3.16. The van der Waals surface area contributed by atoms with E-state index in [1.807, 2.05) is 47.4 Å². The number of benzene rings is 2. The van der Waals surface area contributed by atoms with Crippen LogP contribution in [0.1, 0.15) is 36.8 Å². The van der Waals surface area contributed by atoms with Gasteiger partial charge >= 0.3 is 0 Å². The molecule has 1 amide bonds. The number of methoxy groups -OCH3 is 1. The summed E-state index contributed by atoms with van der Waals surface area (Å²) < 4.78 is 11.8. The standard InChI is InChI=1S/C26H32N2O3/c1-4-9-19-14-15-23(24(16-19)30-3)31-17-25-27-21-12-7-6-11-20(21)26(29)28(25)22-13-8-5-10-18(22)2/h4-5,8,10,13-16,20-21,25,27H,1,6-7,9,11-12,17H2,2-3H3. The summed E-state index contributed by atoms with van der Waals surface area (Å²) in [4.78, 5) is 15.5. The summed E-state index contributed by atoms with van der Waals surface area (Å²) in [5, 5.41) is 3.73. The Kier molecular flexibility index (Phi) is 6.62. The maximum Gasteiger partial charge on any atom is 0.233 e. The molecule has 2 aliphatic rings. The number of aryl methyl sites for hydroxylation is 1.